The molecule has 7 nitrogen and oxygen atoms in total. The first-order valence-corrected chi connectivity index (χ1v) is 10.7. The number of esters is 1. The van der Waals surface area contributed by atoms with Gasteiger partial charge in [-0.2, -0.15) is 0 Å². The summed E-state index contributed by atoms with van der Waals surface area (Å²) in [7, 11) is 1.45. The van der Waals surface area contributed by atoms with Gasteiger partial charge in [-0.3, -0.25) is 4.90 Å². The van der Waals surface area contributed by atoms with Crippen LogP contribution in [0.1, 0.15) is 38.3 Å². The van der Waals surface area contributed by atoms with Gasteiger partial charge >= 0.3 is 12.1 Å². The maximum absolute atomic E-state index is 13.0. The number of para-hydroxylation sites is 1. The van der Waals surface area contributed by atoms with E-state index in [1.165, 1.54) is 12.0 Å². The van der Waals surface area contributed by atoms with Crippen LogP contribution in [-0.4, -0.2) is 54.2 Å². The van der Waals surface area contributed by atoms with Crippen molar-refractivity contribution in [1.29, 1.82) is 0 Å². The van der Waals surface area contributed by atoms with Crippen molar-refractivity contribution in [3.05, 3.63) is 65.7 Å². The molecule has 0 radical (unpaired) electrons. The highest BCUT2D eigenvalue weighted by molar-refractivity contribution is 5.82. The van der Waals surface area contributed by atoms with Crippen molar-refractivity contribution in [2.24, 2.45) is 0 Å². The topological polar surface area (TPSA) is 85.3 Å². The van der Waals surface area contributed by atoms with Crippen molar-refractivity contribution < 1.29 is 28.9 Å². The molecule has 0 bridgehead atoms. The third-order valence-electron chi connectivity index (χ3n) is 4.64. The van der Waals surface area contributed by atoms with Gasteiger partial charge < -0.3 is 19.3 Å². The summed E-state index contributed by atoms with van der Waals surface area (Å²) in [6.45, 7) is 5.34. The van der Waals surface area contributed by atoms with Crippen LogP contribution in [0.2, 0.25) is 0 Å². The number of methoxy groups -OCH3 is 1. The van der Waals surface area contributed by atoms with Crippen LogP contribution in [0.25, 0.3) is 0 Å². The van der Waals surface area contributed by atoms with Gasteiger partial charge in [-0.15, -0.1) is 0 Å². The molecule has 1 amide bonds. The second-order valence-corrected chi connectivity index (χ2v) is 8.47. The molecule has 32 heavy (non-hydrogen) atoms. The Balaban J connectivity index is 2.10. The number of aryl methyl sites for hydroxylation is 1. The summed E-state index contributed by atoms with van der Waals surface area (Å²) in [5.74, 6) is -0.314. The minimum Gasteiger partial charge on any atom is -0.508 e. The summed E-state index contributed by atoms with van der Waals surface area (Å²) in [4.78, 5) is 27.1. The average molecular weight is 444 g/mol. The Bertz CT molecular complexity index is 862. The number of carbonyl (C=O) groups is 2. The maximum Gasteiger partial charge on any atom is 0.412 e. The predicted octanol–water partition coefficient (Wildman–Crippen LogP) is 4.32. The van der Waals surface area contributed by atoms with Gasteiger partial charge in [0.1, 0.15) is 24.1 Å². The smallest absolute Gasteiger partial charge is 0.412 e. The first-order valence-electron chi connectivity index (χ1n) is 10.7. The number of rotatable bonds is 10. The molecule has 2 aromatic carbocycles. The van der Waals surface area contributed by atoms with Crippen molar-refractivity contribution in [3.8, 4) is 5.75 Å². The molecule has 7 heteroatoms. The first kappa shape index (κ1) is 25.2. The summed E-state index contributed by atoms with van der Waals surface area (Å²) in [5, 5.41) is 9.88. The lowest BCUT2D eigenvalue weighted by Crippen LogP contribution is -2.49. The molecule has 0 aliphatic heterocycles. The molecule has 0 saturated carbocycles. The fraction of sp³-hybridized carbons (Fsp3) is 0.440. The zero-order chi connectivity index (χ0) is 23.6. The van der Waals surface area contributed by atoms with Gasteiger partial charge in [0.25, 0.3) is 0 Å². The average Bonchev–Trinajstić information content (AvgIpc) is 2.74. The molecule has 1 atom stereocenters. The molecule has 174 valence electrons. The number of hydrogen-bond donors (Lipinski definition) is 1. The van der Waals surface area contributed by atoms with E-state index in [2.05, 4.69) is 0 Å². The van der Waals surface area contributed by atoms with E-state index in [1.807, 2.05) is 42.5 Å². The van der Waals surface area contributed by atoms with Crippen LogP contribution in [0.4, 0.5) is 4.79 Å². The Morgan fingerprint density at radius 2 is 1.69 bits per heavy atom. The number of carbonyl (C=O) groups excluding carboxylic acids is 2. The predicted molar refractivity (Wildman–Crippen MR) is 121 cm³/mol. The Morgan fingerprint density at radius 1 is 1.03 bits per heavy atom. The van der Waals surface area contributed by atoms with E-state index in [4.69, 9.17) is 14.2 Å². The number of nitrogens with zero attached hydrogens (tertiary/aromatic N) is 1. The number of ether oxygens (including phenoxy) is 3. The van der Waals surface area contributed by atoms with Gasteiger partial charge in [0.15, 0.2) is 0 Å². The van der Waals surface area contributed by atoms with Crippen molar-refractivity contribution >= 4 is 12.1 Å². The van der Waals surface area contributed by atoms with E-state index < -0.39 is 23.7 Å². The van der Waals surface area contributed by atoms with E-state index in [0.29, 0.717) is 12.8 Å². The molecule has 2 rings (SSSR count). The lowest BCUT2D eigenvalue weighted by atomic mass is 10.1. The van der Waals surface area contributed by atoms with Gasteiger partial charge in [-0.1, -0.05) is 48.5 Å². The summed E-state index contributed by atoms with van der Waals surface area (Å²) < 4.78 is 16.2. The Hall–Kier alpha value is -3.06. The lowest BCUT2D eigenvalue weighted by Gasteiger charge is -2.31. The molecule has 0 aliphatic rings. The monoisotopic (exact) mass is 443 g/mol. The highest BCUT2D eigenvalue weighted by atomic mass is 16.6. The van der Waals surface area contributed by atoms with Crippen LogP contribution in [0.3, 0.4) is 0 Å². The third-order valence-corrected chi connectivity index (χ3v) is 4.64. The molecular formula is C25H33NO6. The summed E-state index contributed by atoms with van der Waals surface area (Å²) in [5.41, 5.74) is 0.953. The number of phenols is 1. The number of hydrogen-bond acceptors (Lipinski definition) is 6. The molecule has 0 aromatic heterocycles. The van der Waals surface area contributed by atoms with E-state index in [0.717, 1.165) is 11.1 Å². The van der Waals surface area contributed by atoms with E-state index in [1.54, 1.807) is 32.9 Å². The lowest BCUT2D eigenvalue weighted by molar-refractivity contribution is -0.152. The van der Waals surface area contributed by atoms with E-state index in [9.17, 15) is 14.7 Å². The summed E-state index contributed by atoms with van der Waals surface area (Å²) in [6, 6.07) is 15.6. The summed E-state index contributed by atoms with van der Waals surface area (Å²) in [6.07, 6.45) is 0.725. The molecular weight excluding hydrogens is 410 g/mol. The number of benzene rings is 2. The van der Waals surface area contributed by atoms with E-state index in [-0.39, 0.29) is 25.5 Å². The molecule has 0 unspecified atom stereocenters. The van der Waals surface area contributed by atoms with Gasteiger partial charge in [0.05, 0.1) is 6.61 Å². The van der Waals surface area contributed by atoms with E-state index >= 15 is 0 Å². The fourth-order valence-electron chi connectivity index (χ4n) is 3.14. The van der Waals surface area contributed by atoms with Crippen molar-refractivity contribution in [2.45, 2.75) is 51.7 Å². The van der Waals surface area contributed by atoms with Gasteiger partial charge in [0.2, 0.25) is 0 Å². The number of aromatic hydroxyl groups is 1. The van der Waals surface area contributed by atoms with Crippen LogP contribution >= 0.6 is 0 Å². The number of amides is 1. The van der Waals surface area contributed by atoms with Gasteiger partial charge in [-0.05, 0) is 50.8 Å². The highest BCUT2D eigenvalue weighted by Gasteiger charge is 2.34. The molecule has 1 N–H and O–H groups in total. The van der Waals surface area contributed by atoms with Crippen LogP contribution in [-0.2, 0) is 31.8 Å². The molecule has 0 fully saturated rings. The fourth-order valence-corrected chi connectivity index (χ4v) is 3.14. The normalized spacial score (nSPS) is 12.1. The van der Waals surface area contributed by atoms with Crippen molar-refractivity contribution in [3.63, 3.8) is 0 Å². The largest absolute Gasteiger partial charge is 0.508 e. The molecule has 0 spiro atoms. The molecule has 2 aromatic rings. The minimum atomic E-state index is -0.905. The van der Waals surface area contributed by atoms with Crippen LogP contribution < -0.4 is 0 Å². The zero-order valence-corrected chi connectivity index (χ0v) is 19.2. The van der Waals surface area contributed by atoms with Crippen molar-refractivity contribution in [2.75, 3.05) is 20.4 Å². The Morgan fingerprint density at radius 3 is 2.31 bits per heavy atom. The van der Waals surface area contributed by atoms with Crippen LogP contribution in [0, 0.1) is 0 Å². The zero-order valence-electron chi connectivity index (χ0n) is 19.2. The van der Waals surface area contributed by atoms with Crippen LogP contribution in [0.15, 0.2) is 54.6 Å². The van der Waals surface area contributed by atoms with Crippen LogP contribution in [0.5, 0.6) is 5.75 Å². The maximum atomic E-state index is 13.0. The third kappa shape index (κ3) is 8.23. The first-order chi connectivity index (χ1) is 15.2. The Labute approximate surface area is 189 Å². The quantitative estimate of drug-likeness (QED) is 0.334. The second kappa shape index (κ2) is 12.1. The van der Waals surface area contributed by atoms with Gasteiger partial charge in [0, 0.05) is 13.5 Å². The molecule has 0 heterocycles. The Kier molecular flexibility index (Phi) is 9.53. The highest BCUT2D eigenvalue weighted by Crippen LogP contribution is 2.19. The van der Waals surface area contributed by atoms with Crippen molar-refractivity contribution in [1.82, 2.24) is 4.90 Å². The SMILES string of the molecule is COCN(C(=O)OC(C)(C)C)[C@@H](Cc1ccccc1)C(=O)OCCCc1ccccc1O. The summed E-state index contributed by atoms with van der Waals surface area (Å²) >= 11 is 0. The number of phenolic OH excluding ortho intramolecular Hbond substituents is 1. The molecule has 0 aliphatic carbocycles. The molecule has 0 saturated heterocycles. The van der Waals surface area contributed by atoms with Gasteiger partial charge in [-0.25, -0.2) is 9.59 Å². The minimum absolute atomic E-state index is 0.112. The standard InChI is InChI=1S/C25H33NO6/c1-25(2,3)32-24(29)26(18-30-4)21(17-19-11-6-5-7-12-19)23(28)31-16-10-14-20-13-8-9-15-22(20)27/h5-9,11-13,15,21,27H,10,14,16-18H2,1-4H3/t21-/m0/s1. The second-order valence-electron chi connectivity index (χ2n) is 8.47.